The van der Waals surface area contributed by atoms with E-state index in [1.807, 2.05) is 0 Å². The van der Waals surface area contributed by atoms with E-state index in [9.17, 15) is 44.1 Å². The molecule has 4 aliphatic carbocycles. The third kappa shape index (κ3) is 4.74. The molecular weight excluding hydrogens is 534 g/mol. The van der Waals surface area contributed by atoms with Gasteiger partial charge in [-0.3, -0.25) is 24.0 Å². The number of carboxylic acid groups (broad SMARTS) is 1. The highest BCUT2D eigenvalue weighted by Crippen LogP contribution is 2.66. The first kappa shape index (κ1) is 29.6. The number of β-amino-alcohol motifs (C(OH)–C–C–N with tert-alkyl or cyclic N) is 1. The number of ketones is 3. The van der Waals surface area contributed by atoms with Gasteiger partial charge in [0.2, 0.25) is 11.7 Å². The van der Waals surface area contributed by atoms with Gasteiger partial charge in [0.15, 0.2) is 12.4 Å². The van der Waals surface area contributed by atoms with Crippen molar-refractivity contribution in [3.63, 3.8) is 0 Å². The van der Waals surface area contributed by atoms with E-state index < -0.39 is 53.4 Å². The van der Waals surface area contributed by atoms with Crippen LogP contribution in [0.2, 0.25) is 0 Å². The minimum Gasteiger partial charge on any atom is -0.480 e. The average Bonchev–Trinajstić information content (AvgIpc) is 3.43. The first-order chi connectivity index (χ1) is 19.2. The number of esters is 1. The van der Waals surface area contributed by atoms with Crippen molar-refractivity contribution in [1.82, 2.24) is 4.90 Å². The number of ether oxygens (including phenoxy) is 1. The van der Waals surface area contributed by atoms with Gasteiger partial charge in [0, 0.05) is 43.6 Å². The summed E-state index contributed by atoms with van der Waals surface area (Å²) < 4.78 is 5.14. The van der Waals surface area contributed by atoms with Gasteiger partial charge in [0.1, 0.15) is 17.4 Å². The quantitative estimate of drug-likeness (QED) is 0.377. The molecule has 0 aromatic carbocycles. The summed E-state index contributed by atoms with van der Waals surface area (Å²) in [4.78, 5) is 76.4. The second kappa shape index (κ2) is 10.4. The van der Waals surface area contributed by atoms with Crippen molar-refractivity contribution >= 4 is 35.2 Å². The number of likely N-dealkylation sites (tertiary alicyclic amines) is 1. The molecule has 0 unspecified atom stereocenters. The molecule has 11 heteroatoms. The summed E-state index contributed by atoms with van der Waals surface area (Å²) in [6.45, 7) is 3.04. The largest absolute Gasteiger partial charge is 0.480 e. The summed E-state index contributed by atoms with van der Waals surface area (Å²) in [5.74, 6) is -3.58. The lowest BCUT2D eigenvalue weighted by Gasteiger charge is -2.57. The Morgan fingerprint density at radius 1 is 1.07 bits per heavy atom. The fourth-order valence-electron chi connectivity index (χ4n) is 8.86. The molecule has 1 heterocycles. The Hall–Kier alpha value is -2.92. The number of nitrogens with zero attached hydrogens (tertiary/aromatic N) is 1. The Morgan fingerprint density at radius 3 is 2.51 bits per heavy atom. The number of Topliss-reactive ketones (excluding diaryl/α,β-unsaturated/α-hetero) is 2. The molecular formula is C30H39NO10. The SMILES string of the molecule is C[C@]12CCC(=O)C=C1CC[C@@H]1[C@@H]2C(=O)C[C@@]2(C)[C@H]1CC[C@]2(O)C(=O)COC(=O)CCC(=O)N1C[C@@H](O)C[C@H]1C(=O)O. The number of hydrogen-bond donors (Lipinski definition) is 3. The Kier molecular flexibility index (Phi) is 7.51. The second-order valence-corrected chi connectivity index (χ2v) is 13.2. The first-order valence-electron chi connectivity index (χ1n) is 14.6. The van der Waals surface area contributed by atoms with E-state index in [-0.39, 0.29) is 73.4 Å². The van der Waals surface area contributed by atoms with E-state index in [2.05, 4.69) is 6.92 Å². The molecule has 8 atom stereocenters. The van der Waals surface area contributed by atoms with Crippen LogP contribution in [0.3, 0.4) is 0 Å². The molecule has 41 heavy (non-hydrogen) atoms. The monoisotopic (exact) mass is 573 g/mol. The van der Waals surface area contributed by atoms with E-state index in [4.69, 9.17) is 4.74 Å². The van der Waals surface area contributed by atoms with E-state index in [0.29, 0.717) is 19.3 Å². The lowest BCUT2D eigenvalue weighted by atomic mass is 9.46. The molecule has 1 aliphatic heterocycles. The number of aliphatic hydroxyl groups is 2. The zero-order valence-electron chi connectivity index (χ0n) is 23.6. The van der Waals surface area contributed by atoms with Gasteiger partial charge in [-0.15, -0.1) is 0 Å². The average molecular weight is 574 g/mol. The summed E-state index contributed by atoms with van der Waals surface area (Å²) in [6.07, 6.45) is 3.19. The smallest absolute Gasteiger partial charge is 0.326 e. The van der Waals surface area contributed by atoms with Crippen LogP contribution in [0.5, 0.6) is 0 Å². The molecule has 0 spiro atoms. The lowest BCUT2D eigenvalue weighted by molar-refractivity contribution is -0.174. The predicted octanol–water partition coefficient (Wildman–Crippen LogP) is 1.37. The second-order valence-electron chi connectivity index (χ2n) is 13.2. The van der Waals surface area contributed by atoms with Crippen LogP contribution in [-0.4, -0.2) is 86.3 Å². The Morgan fingerprint density at radius 2 is 1.80 bits per heavy atom. The number of rotatable bonds is 7. The summed E-state index contributed by atoms with van der Waals surface area (Å²) in [7, 11) is 0. The maximum absolute atomic E-state index is 13.7. The summed E-state index contributed by atoms with van der Waals surface area (Å²) in [6, 6.07) is -1.16. The predicted molar refractivity (Wildman–Crippen MR) is 141 cm³/mol. The fourth-order valence-corrected chi connectivity index (χ4v) is 8.86. The van der Waals surface area contributed by atoms with E-state index in [0.717, 1.165) is 23.3 Å². The first-order valence-corrected chi connectivity index (χ1v) is 14.6. The van der Waals surface area contributed by atoms with Crippen LogP contribution in [0.1, 0.15) is 78.1 Å². The number of carbonyl (C=O) groups is 6. The maximum Gasteiger partial charge on any atom is 0.326 e. The van der Waals surface area contributed by atoms with Crippen LogP contribution in [0.4, 0.5) is 0 Å². The minimum atomic E-state index is -1.84. The normalized spacial score (nSPS) is 39.9. The van der Waals surface area contributed by atoms with Gasteiger partial charge in [0.25, 0.3) is 0 Å². The number of carbonyl (C=O) groups excluding carboxylic acids is 5. The summed E-state index contributed by atoms with van der Waals surface area (Å²) in [5, 5.41) is 30.7. The number of allylic oxidation sites excluding steroid dienone is 1. The highest BCUT2D eigenvalue weighted by Gasteiger charge is 2.68. The molecule has 3 saturated carbocycles. The van der Waals surface area contributed by atoms with Crippen LogP contribution in [0.15, 0.2) is 11.6 Å². The molecule has 1 saturated heterocycles. The van der Waals surface area contributed by atoms with Gasteiger partial charge >= 0.3 is 11.9 Å². The van der Waals surface area contributed by atoms with Crippen LogP contribution in [-0.2, 0) is 33.5 Å². The molecule has 4 fully saturated rings. The minimum absolute atomic E-state index is 0.00604. The maximum atomic E-state index is 13.7. The molecule has 0 bridgehead atoms. The Labute approximate surface area is 238 Å². The zero-order valence-corrected chi connectivity index (χ0v) is 23.6. The van der Waals surface area contributed by atoms with Crippen LogP contribution in [0.25, 0.3) is 0 Å². The number of aliphatic hydroxyl groups excluding tert-OH is 1. The standard InChI is InChI=1S/C30H39NO10/c1-28-9-7-17(32)11-16(28)3-4-19-20-8-10-30(40,29(20,2)13-22(34)26(19)28)23(35)15-41-25(37)6-5-24(36)31-14-18(33)12-21(31)27(38)39/h11,18-21,26,33,40H,3-10,12-15H2,1-2H3,(H,38,39)/t18-,19-,20-,21-,26+,28-,29-,30-/m0/s1. The lowest BCUT2D eigenvalue weighted by Crippen LogP contribution is -2.61. The van der Waals surface area contributed by atoms with Gasteiger partial charge in [-0.1, -0.05) is 19.4 Å². The number of hydrogen-bond acceptors (Lipinski definition) is 9. The molecule has 1 amide bonds. The Bertz CT molecular complexity index is 1230. The van der Waals surface area contributed by atoms with Crippen LogP contribution in [0, 0.1) is 28.6 Å². The van der Waals surface area contributed by atoms with Crippen molar-refractivity contribution < 1.29 is 48.8 Å². The van der Waals surface area contributed by atoms with Gasteiger partial charge in [-0.2, -0.15) is 0 Å². The van der Waals surface area contributed by atoms with Crippen molar-refractivity contribution in [3.05, 3.63) is 11.6 Å². The molecule has 0 radical (unpaired) electrons. The Balaban J connectivity index is 1.21. The molecule has 0 aromatic rings. The van der Waals surface area contributed by atoms with Gasteiger partial charge < -0.3 is 25.0 Å². The molecule has 11 nitrogen and oxygen atoms in total. The number of aliphatic carboxylic acids is 1. The van der Waals surface area contributed by atoms with Crippen molar-refractivity contribution in [2.24, 2.45) is 28.6 Å². The molecule has 0 aromatic heterocycles. The van der Waals surface area contributed by atoms with Crippen molar-refractivity contribution in [2.75, 3.05) is 13.2 Å². The van der Waals surface area contributed by atoms with Crippen molar-refractivity contribution in [3.8, 4) is 0 Å². The highest BCUT2D eigenvalue weighted by atomic mass is 16.5. The number of amides is 1. The van der Waals surface area contributed by atoms with Crippen molar-refractivity contribution in [2.45, 2.75) is 95.8 Å². The van der Waals surface area contributed by atoms with E-state index in [1.165, 1.54) is 0 Å². The number of fused-ring (bicyclic) bond motifs is 5. The van der Waals surface area contributed by atoms with Gasteiger partial charge in [-0.05, 0) is 55.4 Å². The number of carboxylic acids is 1. The fraction of sp³-hybridized carbons (Fsp3) is 0.733. The highest BCUT2D eigenvalue weighted by molar-refractivity contribution is 5.95. The van der Waals surface area contributed by atoms with Crippen LogP contribution < -0.4 is 0 Å². The zero-order chi connectivity index (χ0) is 29.9. The van der Waals surface area contributed by atoms with Gasteiger partial charge in [0.05, 0.1) is 12.5 Å². The van der Waals surface area contributed by atoms with E-state index >= 15 is 0 Å². The molecule has 3 N–H and O–H groups in total. The van der Waals surface area contributed by atoms with Crippen LogP contribution >= 0.6 is 0 Å². The van der Waals surface area contributed by atoms with Gasteiger partial charge in [-0.25, -0.2) is 4.79 Å². The third-order valence-electron chi connectivity index (χ3n) is 11.1. The molecule has 5 rings (SSSR count). The topological polar surface area (TPSA) is 176 Å². The molecule has 5 aliphatic rings. The molecule has 224 valence electrons. The summed E-state index contributed by atoms with van der Waals surface area (Å²) in [5.41, 5.74) is -2.19. The van der Waals surface area contributed by atoms with Crippen molar-refractivity contribution in [1.29, 1.82) is 0 Å². The van der Waals surface area contributed by atoms with E-state index in [1.54, 1.807) is 13.0 Å². The summed E-state index contributed by atoms with van der Waals surface area (Å²) >= 11 is 0. The third-order valence-corrected chi connectivity index (χ3v) is 11.1.